The summed E-state index contributed by atoms with van der Waals surface area (Å²) in [5.41, 5.74) is 1.82. The zero-order valence-corrected chi connectivity index (χ0v) is 22.1. The van der Waals surface area contributed by atoms with Crippen molar-refractivity contribution in [2.45, 2.75) is 17.7 Å². The van der Waals surface area contributed by atoms with Gasteiger partial charge >= 0.3 is 5.97 Å². The van der Waals surface area contributed by atoms with Crippen molar-refractivity contribution in [2.24, 2.45) is 0 Å². The van der Waals surface area contributed by atoms with Crippen molar-refractivity contribution in [1.29, 1.82) is 5.26 Å². The number of aryl methyl sites for hydroxylation is 1. The molecule has 0 aliphatic carbocycles. The number of carbonyl (C=O) groups is 2. The highest BCUT2D eigenvalue weighted by molar-refractivity contribution is 7.92. The van der Waals surface area contributed by atoms with E-state index in [1.165, 1.54) is 24.3 Å². The van der Waals surface area contributed by atoms with Gasteiger partial charge in [0.25, 0.3) is 10.0 Å². The van der Waals surface area contributed by atoms with Crippen LogP contribution in [0.1, 0.15) is 27.9 Å². The number of halogens is 2. The lowest BCUT2D eigenvalue weighted by Crippen LogP contribution is -2.36. The molecular formula is C28H20Cl2N2O5S. The maximum absolute atomic E-state index is 13.6. The fraction of sp³-hybridized carbons (Fsp3) is 0.107. The first-order valence-corrected chi connectivity index (χ1v) is 13.5. The van der Waals surface area contributed by atoms with Gasteiger partial charge in [-0.25, -0.2) is 8.42 Å². The highest BCUT2D eigenvalue weighted by atomic mass is 35.5. The van der Waals surface area contributed by atoms with E-state index in [-0.39, 0.29) is 32.8 Å². The standard InChI is InChI=1S/C28H20Cl2N2O5S/c29-20-13-21(30)15-22(14-20)38(36,37)32(17-28(34)35)26-9-3-6-23-24(26)7-2-8-25(23)27(33)11-10-18-4-1-5-19(12-18)16-31/h1-9,12-15H,10-11,17H2,(H,34,35). The minimum Gasteiger partial charge on any atom is -0.480 e. The van der Waals surface area contributed by atoms with Crippen molar-refractivity contribution in [3.63, 3.8) is 0 Å². The first-order valence-electron chi connectivity index (χ1n) is 11.3. The molecule has 0 fully saturated rings. The molecule has 38 heavy (non-hydrogen) atoms. The van der Waals surface area contributed by atoms with Gasteiger partial charge in [0.15, 0.2) is 5.78 Å². The van der Waals surface area contributed by atoms with Crippen LogP contribution >= 0.6 is 23.2 Å². The van der Waals surface area contributed by atoms with Crippen LogP contribution in [0, 0.1) is 11.3 Å². The quantitative estimate of drug-likeness (QED) is 0.244. The molecule has 0 radical (unpaired) electrons. The molecule has 0 saturated carbocycles. The summed E-state index contributed by atoms with van der Waals surface area (Å²) in [5.74, 6) is -1.55. The second-order valence-corrected chi connectivity index (χ2v) is 11.2. The molecule has 192 valence electrons. The van der Waals surface area contributed by atoms with Gasteiger partial charge in [0.2, 0.25) is 0 Å². The predicted molar refractivity (Wildman–Crippen MR) is 146 cm³/mol. The van der Waals surface area contributed by atoms with E-state index < -0.39 is 22.5 Å². The summed E-state index contributed by atoms with van der Waals surface area (Å²) in [6.07, 6.45) is 0.579. The van der Waals surface area contributed by atoms with Crippen LogP contribution in [0.5, 0.6) is 0 Å². The summed E-state index contributed by atoms with van der Waals surface area (Å²) in [6.45, 7) is -0.862. The lowest BCUT2D eigenvalue weighted by molar-refractivity contribution is -0.135. The van der Waals surface area contributed by atoms with Gasteiger partial charge in [0, 0.05) is 27.4 Å². The van der Waals surface area contributed by atoms with E-state index in [9.17, 15) is 23.1 Å². The van der Waals surface area contributed by atoms with Crippen molar-refractivity contribution < 1.29 is 23.1 Å². The van der Waals surface area contributed by atoms with E-state index in [1.807, 2.05) is 6.07 Å². The number of sulfonamides is 1. The third-order valence-corrected chi connectivity index (χ3v) is 8.04. The lowest BCUT2D eigenvalue weighted by Gasteiger charge is -2.25. The highest BCUT2D eigenvalue weighted by Crippen LogP contribution is 2.34. The second-order valence-electron chi connectivity index (χ2n) is 8.42. The van der Waals surface area contributed by atoms with Crippen molar-refractivity contribution >= 4 is 61.4 Å². The molecule has 0 spiro atoms. The Labute approximate surface area is 229 Å². The van der Waals surface area contributed by atoms with Gasteiger partial charge in [-0.2, -0.15) is 5.26 Å². The maximum Gasteiger partial charge on any atom is 0.324 e. The number of hydrogen-bond acceptors (Lipinski definition) is 5. The topological polar surface area (TPSA) is 116 Å². The Kier molecular flexibility index (Phi) is 8.02. The minimum atomic E-state index is -4.40. The molecule has 0 aromatic heterocycles. The predicted octanol–water partition coefficient (Wildman–Crippen LogP) is 6.11. The lowest BCUT2D eigenvalue weighted by atomic mass is 9.96. The minimum absolute atomic E-state index is 0.0810. The van der Waals surface area contributed by atoms with Crippen LogP contribution in [-0.2, 0) is 21.2 Å². The zero-order chi connectivity index (χ0) is 27.4. The monoisotopic (exact) mass is 566 g/mol. The number of rotatable bonds is 9. The molecule has 0 atom stereocenters. The SMILES string of the molecule is N#Cc1cccc(CCC(=O)c2cccc3c(N(CC(=O)O)S(=O)(=O)c4cc(Cl)cc(Cl)c4)cccc23)c1. The molecule has 0 amide bonds. The van der Waals surface area contributed by atoms with Crippen LogP contribution in [0.2, 0.25) is 10.0 Å². The Morgan fingerprint density at radius 2 is 1.55 bits per heavy atom. The van der Waals surface area contributed by atoms with Crippen molar-refractivity contribution in [2.75, 3.05) is 10.8 Å². The first kappa shape index (κ1) is 27.1. The second kappa shape index (κ2) is 11.2. The molecule has 0 aliphatic heterocycles. The zero-order valence-electron chi connectivity index (χ0n) is 19.8. The summed E-state index contributed by atoms with van der Waals surface area (Å²) in [6, 6.07) is 22.5. The third kappa shape index (κ3) is 5.81. The molecule has 0 unspecified atom stereocenters. The number of hydrogen-bond donors (Lipinski definition) is 1. The Bertz CT molecular complexity index is 1690. The molecule has 0 heterocycles. The summed E-state index contributed by atoms with van der Waals surface area (Å²) >= 11 is 12.0. The van der Waals surface area contributed by atoms with Gasteiger partial charge in [0.1, 0.15) is 6.54 Å². The number of carboxylic acid groups (broad SMARTS) is 1. The number of carboxylic acids is 1. The number of benzene rings is 4. The van der Waals surface area contributed by atoms with E-state index in [0.29, 0.717) is 28.3 Å². The largest absolute Gasteiger partial charge is 0.480 e. The molecule has 7 nitrogen and oxygen atoms in total. The van der Waals surface area contributed by atoms with E-state index in [4.69, 9.17) is 28.5 Å². The average Bonchev–Trinajstić information content (AvgIpc) is 2.89. The van der Waals surface area contributed by atoms with Gasteiger partial charge in [-0.3, -0.25) is 13.9 Å². The number of aliphatic carboxylic acids is 1. The molecule has 4 rings (SSSR count). The van der Waals surface area contributed by atoms with E-state index >= 15 is 0 Å². The number of carbonyl (C=O) groups excluding carboxylic acids is 1. The summed E-state index contributed by atoms with van der Waals surface area (Å²) in [5, 5.41) is 19.7. The van der Waals surface area contributed by atoms with Crippen LogP contribution in [-0.4, -0.2) is 31.8 Å². The molecule has 0 bridgehead atoms. The van der Waals surface area contributed by atoms with E-state index in [2.05, 4.69) is 6.07 Å². The third-order valence-electron chi connectivity index (χ3n) is 5.87. The Morgan fingerprint density at radius 1 is 0.895 bits per heavy atom. The molecule has 0 aliphatic rings. The van der Waals surface area contributed by atoms with Crippen molar-refractivity contribution in [3.05, 3.63) is 106 Å². The Hall–Kier alpha value is -3.90. The fourth-order valence-corrected chi connectivity index (χ4v) is 6.33. The van der Waals surface area contributed by atoms with Gasteiger partial charge < -0.3 is 5.11 Å². The molecule has 0 saturated heterocycles. The van der Waals surface area contributed by atoms with Crippen LogP contribution in [0.3, 0.4) is 0 Å². The number of Topliss-reactive ketones (excluding diaryl/α,β-unsaturated/α-hetero) is 1. The maximum atomic E-state index is 13.6. The smallest absolute Gasteiger partial charge is 0.324 e. The van der Waals surface area contributed by atoms with Gasteiger partial charge in [0.05, 0.1) is 22.2 Å². The van der Waals surface area contributed by atoms with Crippen LogP contribution in [0.4, 0.5) is 5.69 Å². The van der Waals surface area contributed by atoms with Crippen molar-refractivity contribution in [1.82, 2.24) is 0 Å². The summed E-state index contributed by atoms with van der Waals surface area (Å²) < 4.78 is 28.0. The molecule has 4 aromatic rings. The van der Waals surface area contributed by atoms with E-state index in [0.717, 1.165) is 9.87 Å². The number of nitriles is 1. The molecular weight excluding hydrogens is 547 g/mol. The molecule has 10 heteroatoms. The van der Waals surface area contributed by atoms with Gasteiger partial charge in [-0.1, -0.05) is 65.7 Å². The van der Waals surface area contributed by atoms with Gasteiger partial charge in [-0.15, -0.1) is 0 Å². The number of fused-ring (bicyclic) bond motifs is 1. The van der Waals surface area contributed by atoms with Crippen LogP contribution < -0.4 is 4.31 Å². The number of nitrogens with zero attached hydrogens (tertiary/aromatic N) is 2. The van der Waals surface area contributed by atoms with Crippen molar-refractivity contribution in [3.8, 4) is 6.07 Å². The number of anilines is 1. The summed E-state index contributed by atoms with van der Waals surface area (Å²) in [7, 11) is -4.40. The Morgan fingerprint density at radius 3 is 2.24 bits per heavy atom. The van der Waals surface area contributed by atoms with Crippen LogP contribution in [0.25, 0.3) is 10.8 Å². The highest BCUT2D eigenvalue weighted by Gasteiger charge is 2.29. The fourth-order valence-electron chi connectivity index (χ4n) is 4.17. The normalized spacial score (nSPS) is 11.2. The molecule has 4 aromatic carbocycles. The van der Waals surface area contributed by atoms with Gasteiger partial charge in [-0.05, 0) is 53.8 Å². The molecule has 1 N–H and O–H groups in total. The summed E-state index contributed by atoms with van der Waals surface area (Å²) in [4.78, 5) is 24.7. The number of ketones is 1. The average molecular weight is 567 g/mol. The Balaban J connectivity index is 1.76. The van der Waals surface area contributed by atoms with E-state index in [1.54, 1.807) is 48.5 Å². The van der Waals surface area contributed by atoms with Crippen LogP contribution in [0.15, 0.2) is 83.8 Å². The first-order chi connectivity index (χ1) is 18.1.